The van der Waals surface area contributed by atoms with E-state index in [0.29, 0.717) is 11.1 Å². The first kappa shape index (κ1) is 17.4. The molecule has 3 amide bonds. The number of amides is 3. The molecule has 0 spiro atoms. The highest BCUT2D eigenvalue weighted by Gasteiger charge is 2.36. The van der Waals surface area contributed by atoms with Gasteiger partial charge in [-0.2, -0.15) is 0 Å². The summed E-state index contributed by atoms with van der Waals surface area (Å²) < 4.78 is 0.888. The van der Waals surface area contributed by atoms with Gasteiger partial charge in [0, 0.05) is 4.47 Å². The van der Waals surface area contributed by atoms with Gasteiger partial charge >= 0.3 is 0 Å². The number of fused-ring (bicyclic) bond motifs is 1. The van der Waals surface area contributed by atoms with E-state index < -0.39 is 11.8 Å². The molecule has 1 unspecified atom stereocenters. The predicted octanol–water partition coefficient (Wildman–Crippen LogP) is 3.23. The van der Waals surface area contributed by atoms with E-state index in [1.54, 1.807) is 18.2 Å². The van der Waals surface area contributed by atoms with Crippen LogP contribution >= 0.6 is 15.9 Å². The topological polar surface area (TPSA) is 66.5 Å². The van der Waals surface area contributed by atoms with Gasteiger partial charge in [-0.05, 0) is 37.6 Å². The summed E-state index contributed by atoms with van der Waals surface area (Å²) >= 11 is 3.45. The van der Waals surface area contributed by atoms with Crippen molar-refractivity contribution in [3.63, 3.8) is 0 Å². The highest BCUT2D eigenvalue weighted by Crippen LogP contribution is 2.25. The maximum atomic E-state index is 12.4. The highest BCUT2D eigenvalue weighted by molar-refractivity contribution is 9.10. The lowest BCUT2D eigenvalue weighted by Gasteiger charge is -2.18. The van der Waals surface area contributed by atoms with Crippen LogP contribution in [-0.2, 0) is 4.79 Å². The Morgan fingerprint density at radius 3 is 2.52 bits per heavy atom. The van der Waals surface area contributed by atoms with Gasteiger partial charge in [-0.25, -0.2) is 0 Å². The van der Waals surface area contributed by atoms with Crippen LogP contribution in [0.1, 0.15) is 44.8 Å². The molecule has 2 aromatic rings. The van der Waals surface area contributed by atoms with Crippen molar-refractivity contribution >= 4 is 33.7 Å². The minimum atomic E-state index is -0.427. The van der Waals surface area contributed by atoms with Crippen LogP contribution in [-0.4, -0.2) is 29.2 Å². The lowest BCUT2D eigenvalue weighted by molar-refractivity contribution is -0.122. The number of carbonyl (C=O) groups excluding carboxylic acids is 3. The van der Waals surface area contributed by atoms with Crippen molar-refractivity contribution in [2.24, 2.45) is 0 Å². The smallest absolute Gasteiger partial charge is 0.262 e. The molecule has 0 saturated carbocycles. The zero-order chi connectivity index (χ0) is 18.1. The fraction of sp³-hybridized carbons (Fsp3) is 0.211. The third-order valence-electron chi connectivity index (χ3n) is 4.18. The first-order valence-corrected chi connectivity index (χ1v) is 8.68. The fourth-order valence-corrected chi connectivity index (χ4v) is 3.51. The van der Waals surface area contributed by atoms with Crippen molar-refractivity contribution in [3.8, 4) is 0 Å². The van der Waals surface area contributed by atoms with Gasteiger partial charge in [0.1, 0.15) is 6.54 Å². The summed E-state index contributed by atoms with van der Waals surface area (Å²) in [5.41, 5.74) is 2.53. The number of benzene rings is 2. The van der Waals surface area contributed by atoms with E-state index in [9.17, 15) is 14.4 Å². The largest absolute Gasteiger partial charge is 0.348 e. The van der Waals surface area contributed by atoms with Crippen LogP contribution in [0, 0.1) is 6.92 Å². The lowest BCUT2D eigenvalue weighted by atomic mass is 10.1. The number of hydrogen-bond donors (Lipinski definition) is 1. The Hall–Kier alpha value is -2.47. The average molecular weight is 401 g/mol. The van der Waals surface area contributed by atoms with Crippen molar-refractivity contribution in [3.05, 3.63) is 69.2 Å². The summed E-state index contributed by atoms with van der Waals surface area (Å²) in [5, 5.41) is 2.83. The summed E-state index contributed by atoms with van der Waals surface area (Å²) in [4.78, 5) is 38.1. The Morgan fingerprint density at radius 1 is 1.12 bits per heavy atom. The maximum Gasteiger partial charge on any atom is 0.262 e. The third-order valence-corrected chi connectivity index (χ3v) is 4.90. The summed E-state index contributed by atoms with van der Waals surface area (Å²) in [7, 11) is 0. The van der Waals surface area contributed by atoms with Crippen molar-refractivity contribution in [1.82, 2.24) is 10.2 Å². The van der Waals surface area contributed by atoms with Crippen molar-refractivity contribution < 1.29 is 14.4 Å². The Bertz CT molecular complexity index is 879. The Labute approximate surface area is 154 Å². The standard InChI is InChI=1S/C19H17BrN2O3/c1-11-7-8-14-15(9-11)19(25)22(18(14)24)10-17(23)21-12(2)13-5-3-4-6-16(13)20/h3-9,12H,10H2,1-2H3,(H,21,23). The molecule has 128 valence electrons. The minimum Gasteiger partial charge on any atom is -0.348 e. The van der Waals surface area contributed by atoms with Gasteiger partial charge in [-0.3, -0.25) is 19.3 Å². The minimum absolute atomic E-state index is 0.250. The Kier molecular flexibility index (Phi) is 4.72. The van der Waals surface area contributed by atoms with E-state index in [1.807, 2.05) is 38.1 Å². The van der Waals surface area contributed by atoms with Crippen molar-refractivity contribution in [2.75, 3.05) is 6.54 Å². The van der Waals surface area contributed by atoms with Gasteiger partial charge in [-0.1, -0.05) is 45.8 Å². The van der Waals surface area contributed by atoms with E-state index in [-0.39, 0.29) is 18.5 Å². The van der Waals surface area contributed by atoms with Gasteiger partial charge in [-0.15, -0.1) is 0 Å². The third kappa shape index (κ3) is 3.35. The van der Waals surface area contributed by atoms with Crippen LogP contribution in [0.3, 0.4) is 0 Å². The number of imide groups is 1. The van der Waals surface area contributed by atoms with E-state index >= 15 is 0 Å². The molecule has 0 bridgehead atoms. The fourth-order valence-electron chi connectivity index (χ4n) is 2.88. The summed E-state index contributed by atoms with van der Waals surface area (Å²) in [6.07, 6.45) is 0. The summed E-state index contributed by atoms with van der Waals surface area (Å²) in [5.74, 6) is -1.23. The molecular formula is C19H17BrN2O3. The SMILES string of the molecule is Cc1ccc2c(c1)C(=O)N(CC(=O)NC(C)c1ccccc1Br)C2=O. The molecule has 0 aromatic heterocycles. The van der Waals surface area contributed by atoms with E-state index in [1.165, 1.54) is 0 Å². The molecule has 25 heavy (non-hydrogen) atoms. The molecular weight excluding hydrogens is 384 g/mol. The first-order chi connectivity index (χ1) is 11.9. The van der Waals surface area contributed by atoms with Gasteiger partial charge in [0.05, 0.1) is 17.2 Å². The van der Waals surface area contributed by atoms with E-state index in [2.05, 4.69) is 21.2 Å². The second-order valence-electron chi connectivity index (χ2n) is 6.06. The van der Waals surface area contributed by atoms with Crippen LogP contribution in [0.5, 0.6) is 0 Å². The normalized spacial score (nSPS) is 14.4. The summed E-state index contributed by atoms with van der Waals surface area (Å²) in [6, 6.07) is 12.4. The molecule has 1 atom stereocenters. The number of carbonyl (C=O) groups is 3. The van der Waals surface area contributed by atoms with Gasteiger partial charge in [0.25, 0.3) is 11.8 Å². The van der Waals surface area contributed by atoms with Gasteiger partial charge in [0.2, 0.25) is 5.91 Å². The molecule has 1 aliphatic rings. The second-order valence-corrected chi connectivity index (χ2v) is 6.91. The molecule has 1 aliphatic heterocycles. The van der Waals surface area contributed by atoms with Crippen LogP contribution in [0.2, 0.25) is 0 Å². The molecule has 1 N–H and O–H groups in total. The van der Waals surface area contributed by atoms with Crippen LogP contribution < -0.4 is 5.32 Å². The summed E-state index contributed by atoms with van der Waals surface area (Å²) in [6.45, 7) is 3.41. The molecule has 0 radical (unpaired) electrons. The first-order valence-electron chi connectivity index (χ1n) is 7.89. The second kappa shape index (κ2) is 6.80. The lowest BCUT2D eigenvalue weighted by Crippen LogP contribution is -2.41. The Balaban J connectivity index is 1.71. The molecule has 0 saturated heterocycles. The van der Waals surface area contributed by atoms with E-state index in [4.69, 9.17) is 0 Å². The van der Waals surface area contributed by atoms with E-state index in [0.717, 1.165) is 20.5 Å². The van der Waals surface area contributed by atoms with Crippen molar-refractivity contribution in [1.29, 1.82) is 0 Å². The quantitative estimate of drug-likeness (QED) is 0.801. The molecule has 6 heteroatoms. The molecule has 0 aliphatic carbocycles. The average Bonchev–Trinajstić information content (AvgIpc) is 2.79. The number of nitrogens with zero attached hydrogens (tertiary/aromatic N) is 1. The van der Waals surface area contributed by atoms with Gasteiger partial charge < -0.3 is 5.32 Å². The van der Waals surface area contributed by atoms with Gasteiger partial charge in [0.15, 0.2) is 0 Å². The number of aryl methyl sites for hydroxylation is 1. The predicted molar refractivity (Wildman–Crippen MR) is 97.2 cm³/mol. The Morgan fingerprint density at radius 2 is 1.80 bits per heavy atom. The number of nitrogens with one attached hydrogen (secondary N) is 1. The molecule has 1 heterocycles. The molecule has 0 fully saturated rings. The zero-order valence-corrected chi connectivity index (χ0v) is 15.5. The van der Waals surface area contributed by atoms with Crippen LogP contribution in [0.15, 0.2) is 46.9 Å². The van der Waals surface area contributed by atoms with Crippen molar-refractivity contribution in [2.45, 2.75) is 19.9 Å². The monoisotopic (exact) mass is 400 g/mol. The maximum absolute atomic E-state index is 12.4. The molecule has 3 rings (SSSR count). The highest BCUT2D eigenvalue weighted by atomic mass is 79.9. The molecule has 2 aromatic carbocycles. The number of rotatable bonds is 4. The number of halogens is 1. The van der Waals surface area contributed by atoms with Crippen LogP contribution in [0.25, 0.3) is 0 Å². The molecule has 5 nitrogen and oxygen atoms in total. The zero-order valence-electron chi connectivity index (χ0n) is 13.9. The number of hydrogen-bond acceptors (Lipinski definition) is 3. The van der Waals surface area contributed by atoms with Crippen LogP contribution in [0.4, 0.5) is 0 Å².